The van der Waals surface area contributed by atoms with Crippen LogP contribution in [0.5, 0.6) is 0 Å². The van der Waals surface area contributed by atoms with Gasteiger partial charge in [-0.25, -0.2) is 0 Å². The zero-order valence-corrected chi connectivity index (χ0v) is 18.8. The molecule has 0 aliphatic heterocycles. The summed E-state index contributed by atoms with van der Waals surface area (Å²) in [6.07, 6.45) is 18.7. The minimum atomic E-state index is -3.90. The Kier molecular flexibility index (Phi) is 17.8. The van der Waals surface area contributed by atoms with Crippen molar-refractivity contribution in [2.75, 3.05) is 0 Å². The Balaban J connectivity index is 3.65. The summed E-state index contributed by atoms with van der Waals surface area (Å²) in [5.74, 6) is 0. The van der Waals surface area contributed by atoms with Crippen molar-refractivity contribution in [2.45, 2.75) is 141 Å². The lowest BCUT2D eigenvalue weighted by Gasteiger charge is -2.13. The third-order valence-corrected chi connectivity index (χ3v) is 6.90. The number of rotatable bonds is 20. The Bertz CT molecular complexity index is 409. The van der Waals surface area contributed by atoms with Crippen LogP contribution in [0.25, 0.3) is 0 Å². The second kappa shape index (κ2) is 17.9. The number of aliphatic hydroxyl groups is 1. The van der Waals surface area contributed by atoms with Gasteiger partial charge in [-0.2, -0.15) is 8.42 Å². The number of hydrogen-bond acceptors (Lipinski definition) is 3. The molecule has 0 radical (unpaired) electrons. The second-order valence-corrected chi connectivity index (χ2v) is 9.86. The van der Waals surface area contributed by atoms with Crippen molar-refractivity contribution in [3.63, 3.8) is 0 Å². The molecule has 2 atom stereocenters. The van der Waals surface area contributed by atoms with Crippen LogP contribution in [0.2, 0.25) is 0 Å². The Morgan fingerprint density at radius 1 is 0.630 bits per heavy atom. The SMILES string of the molecule is CCCCCCCCC(CCCCCCCCCCC(O)CC)S(=O)(=O)O. The summed E-state index contributed by atoms with van der Waals surface area (Å²) >= 11 is 0. The lowest BCUT2D eigenvalue weighted by molar-refractivity contribution is 0.156. The molecule has 2 N–H and O–H groups in total. The van der Waals surface area contributed by atoms with Crippen LogP contribution in [0, 0.1) is 0 Å². The molecule has 0 saturated carbocycles. The molecule has 0 amide bonds. The van der Waals surface area contributed by atoms with E-state index in [2.05, 4.69) is 6.92 Å². The molecule has 0 aliphatic carbocycles. The van der Waals surface area contributed by atoms with Crippen LogP contribution < -0.4 is 0 Å². The van der Waals surface area contributed by atoms with Crippen molar-refractivity contribution in [3.05, 3.63) is 0 Å². The summed E-state index contributed by atoms with van der Waals surface area (Å²) in [6, 6.07) is 0. The summed E-state index contributed by atoms with van der Waals surface area (Å²) in [7, 11) is -3.90. The Hall–Kier alpha value is -0.130. The van der Waals surface area contributed by atoms with Crippen LogP contribution in [0.15, 0.2) is 0 Å². The first-order valence-electron chi connectivity index (χ1n) is 11.6. The van der Waals surface area contributed by atoms with Gasteiger partial charge in [0.05, 0.1) is 11.4 Å². The fraction of sp³-hybridized carbons (Fsp3) is 1.00. The van der Waals surface area contributed by atoms with E-state index in [9.17, 15) is 18.1 Å². The van der Waals surface area contributed by atoms with E-state index in [1.165, 1.54) is 51.4 Å². The molecule has 4 nitrogen and oxygen atoms in total. The van der Waals surface area contributed by atoms with Crippen molar-refractivity contribution in [3.8, 4) is 0 Å². The van der Waals surface area contributed by atoms with Gasteiger partial charge in [-0.05, 0) is 25.7 Å². The topological polar surface area (TPSA) is 74.6 Å². The maximum absolute atomic E-state index is 11.6. The molecule has 0 aliphatic rings. The largest absolute Gasteiger partial charge is 0.393 e. The average Bonchev–Trinajstić information content (AvgIpc) is 2.62. The van der Waals surface area contributed by atoms with E-state index in [-0.39, 0.29) is 6.10 Å². The monoisotopic (exact) mass is 406 g/mol. The van der Waals surface area contributed by atoms with Gasteiger partial charge in [0, 0.05) is 0 Å². The molecule has 0 aromatic rings. The average molecular weight is 407 g/mol. The van der Waals surface area contributed by atoms with Crippen LogP contribution in [0.1, 0.15) is 129 Å². The molecule has 0 saturated heterocycles. The molecule has 5 heteroatoms. The van der Waals surface area contributed by atoms with E-state index in [1.54, 1.807) is 0 Å². The third-order valence-electron chi connectivity index (χ3n) is 5.59. The first-order chi connectivity index (χ1) is 12.9. The van der Waals surface area contributed by atoms with E-state index < -0.39 is 15.4 Å². The first-order valence-corrected chi connectivity index (χ1v) is 13.1. The molecule has 0 fully saturated rings. The van der Waals surface area contributed by atoms with E-state index in [0.29, 0.717) is 12.8 Å². The third kappa shape index (κ3) is 17.7. The summed E-state index contributed by atoms with van der Waals surface area (Å²) < 4.78 is 32.6. The van der Waals surface area contributed by atoms with Crippen molar-refractivity contribution >= 4 is 10.1 Å². The summed E-state index contributed by atoms with van der Waals surface area (Å²) in [5, 5.41) is 8.94. The highest BCUT2D eigenvalue weighted by Crippen LogP contribution is 2.19. The van der Waals surface area contributed by atoms with Gasteiger partial charge in [-0.15, -0.1) is 0 Å². The van der Waals surface area contributed by atoms with Gasteiger partial charge in [0.15, 0.2) is 0 Å². The Labute approximate surface area is 169 Å². The van der Waals surface area contributed by atoms with Gasteiger partial charge in [-0.1, -0.05) is 104 Å². The van der Waals surface area contributed by atoms with Gasteiger partial charge in [0.1, 0.15) is 0 Å². The van der Waals surface area contributed by atoms with Crippen molar-refractivity contribution in [1.29, 1.82) is 0 Å². The smallest absolute Gasteiger partial charge is 0.267 e. The van der Waals surface area contributed by atoms with Gasteiger partial charge in [0.25, 0.3) is 10.1 Å². The maximum Gasteiger partial charge on any atom is 0.267 e. The highest BCUT2D eigenvalue weighted by molar-refractivity contribution is 7.86. The molecule has 0 spiro atoms. The summed E-state index contributed by atoms with van der Waals surface area (Å²) in [5.41, 5.74) is 0. The van der Waals surface area contributed by atoms with E-state index in [0.717, 1.165) is 51.4 Å². The van der Waals surface area contributed by atoms with Crippen LogP contribution in [-0.2, 0) is 10.1 Å². The van der Waals surface area contributed by atoms with Crippen LogP contribution in [-0.4, -0.2) is 29.4 Å². The highest BCUT2D eigenvalue weighted by Gasteiger charge is 2.21. The highest BCUT2D eigenvalue weighted by atomic mass is 32.2. The first kappa shape index (κ1) is 26.9. The lowest BCUT2D eigenvalue weighted by atomic mass is 10.0. The van der Waals surface area contributed by atoms with Crippen LogP contribution in [0.3, 0.4) is 0 Å². The molecule has 27 heavy (non-hydrogen) atoms. The van der Waals surface area contributed by atoms with E-state index in [4.69, 9.17) is 0 Å². The minimum Gasteiger partial charge on any atom is -0.393 e. The molecule has 164 valence electrons. The fourth-order valence-electron chi connectivity index (χ4n) is 3.61. The molecule has 0 rings (SSSR count). The van der Waals surface area contributed by atoms with E-state index >= 15 is 0 Å². The molecule has 2 unspecified atom stereocenters. The minimum absolute atomic E-state index is 0.128. The zero-order valence-electron chi connectivity index (χ0n) is 18.0. The Morgan fingerprint density at radius 3 is 1.37 bits per heavy atom. The number of unbranched alkanes of at least 4 members (excludes halogenated alkanes) is 12. The molecule has 0 aromatic carbocycles. The lowest BCUT2D eigenvalue weighted by Crippen LogP contribution is -2.20. The zero-order chi connectivity index (χ0) is 20.4. The van der Waals surface area contributed by atoms with Gasteiger partial charge in [-0.3, -0.25) is 4.55 Å². The molecular formula is C22H46O4S. The van der Waals surface area contributed by atoms with Crippen molar-refractivity contribution < 1.29 is 18.1 Å². The second-order valence-electron chi connectivity index (χ2n) is 8.16. The summed E-state index contributed by atoms with van der Waals surface area (Å²) in [6.45, 7) is 4.21. The molecular weight excluding hydrogens is 360 g/mol. The predicted octanol–water partition coefficient (Wildman–Crippen LogP) is 6.67. The summed E-state index contributed by atoms with van der Waals surface area (Å²) in [4.78, 5) is 0. The normalized spacial score (nSPS) is 14.4. The Morgan fingerprint density at radius 2 is 1.00 bits per heavy atom. The fourth-order valence-corrected chi connectivity index (χ4v) is 4.54. The van der Waals surface area contributed by atoms with E-state index in [1.807, 2.05) is 6.92 Å². The predicted molar refractivity (Wildman–Crippen MR) is 116 cm³/mol. The molecule has 0 bridgehead atoms. The maximum atomic E-state index is 11.6. The van der Waals surface area contributed by atoms with Crippen molar-refractivity contribution in [2.24, 2.45) is 0 Å². The van der Waals surface area contributed by atoms with Crippen LogP contribution in [0.4, 0.5) is 0 Å². The molecule has 0 heterocycles. The van der Waals surface area contributed by atoms with Crippen LogP contribution >= 0.6 is 0 Å². The number of hydrogen-bond donors (Lipinski definition) is 2. The molecule has 0 aromatic heterocycles. The quantitative estimate of drug-likeness (QED) is 0.175. The van der Waals surface area contributed by atoms with Gasteiger partial charge < -0.3 is 5.11 Å². The van der Waals surface area contributed by atoms with Gasteiger partial charge >= 0.3 is 0 Å². The van der Waals surface area contributed by atoms with Crippen molar-refractivity contribution in [1.82, 2.24) is 0 Å². The standard InChI is InChI=1S/C22H46O4S/c1-3-5-6-7-13-16-19-22(27(24,25)26)20-17-14-11-9-8-10-12-15-18-21(23)4-2/h21-23H,3-20H2,1-2H3,(H,24,25,26). The number of aliphatic hydroxyl groups excluding tert-OH is 1. The van der Waals surface area contributed by atoms with Gasteiger partial charge in [0.2, 0.25) is 0 Å².